The van der Waals surface area contributed by atoms with E-state index >= 15 is 0 Å². The number of carboxylic acid groups (broad SMARTS) is 1. The van der Waals surface area contributed by atoms with Crippen molar-refractivity contribution in [2.45, 2.75) is 125 Å². The van der Waals surface area contributed by atoms with Crippen molar-refractivity contribution in [3.63, 3.8) is 0 Å². The van der Waals surface area contributed by atoms with Crippen molar-refractivity contribution in [2.75, 3.05) is 56.4 Å². The molecule has 8 aromatic rings. The third-order valence-electron chi connectivity index (χ3n) is 18.7. The molecule has 22 heteroatoms. The lowest BCUT2D eigenvalue weighted by Gasteiger charge is -2.31. The largest absolute Gasteiger partial charge is 0.478 e. The summed E-state index contributed by atoms with van der Waals surface area (Å²) in [7, 11) is 1.42. The number of carbonyl (C=O) groups is 2. The Hall–Kier alpha value is -5.38. The topological polar surface area (TPSA) is 185 Å². The number of nitrogens with zero attached hydrogens (tertiary/aromatic N) is 6. The van der Waals surface area contributed by atoms with Gasteiger partial charge in [-0.1, -0.05) is 91.5 Å². The van der Waals surface area contributed by atoms with Gasteiger partial charge in [0, 0.05) is 96.1 Å². The molecule has 8 atom stereocenters. The van der Waals surface area contributed by atoms with Crippen LogP contribution in [0.5, 0.6) is 0 Å². The van der Waals surface area contributed by atoms with Crippen LogP contribution >= 0.6 is 69.1 Å². The van der Waals surface area contributed by atoms with E-state index in [0.717, 1.165) is 148 Å². The molecule has 8 heterocycles. The molecule has 8 aliphatic rings. The van der Waals surface area contributed by atoms with Crippen molar-refractivity contribution >= 4 is 112 Å². The molecular weight excluding hydrogens is 1210 g/mol. The van der Waals surface area contributed by atoms with E-state index in [1.165, 1.54) is 7.11 Å². The normalized spacial score (nSPS) is 25.0. The van der Waals surface area contributed by atoms with Crippen molar-refractivity contribution in [1.82, 2.24) is 20.3 Å². The van der Waals surface area contributed by atoms with E-state index in [9.17, 15) is 14.7 Å². The molecule has 16 nitrogen and oxygen atoms in total. The molecular formula is C63H60Cl4N6O10S2. The molecule has 85 heavy (non-hydrogen) atoms. The number of esters is 1. The number of carboxylic acids is 1. The fourth-order valence-corrected chi connectivity index (χ4v) is 17.4. The summed E-state index contributed by atoms with van der Waals surface area (Å²) in [6.45, 7) is 5.27. The molecule has 4 aromatic carbocycles. The molecule has 0 spiro atoms. The number of thiazole rings is 2. The van der Waals surface area contributed by atoms with Crippen LogP contribution in [0, 0.1) is 11.8 Å². The van der Waals surface area contributed by atoms with Crippen LogP contribution in [0.25, 0.3) is 42.9 Å². The number of hydrogen-bond donors (Lipinski definition) is 1. The standard InChI is InChI=1S/C32H31Cl2N3O5S.C31H29Cl2N3O5S/c1-39-31(38)18-10-21(17-7-8-40-14-17)28-26(11-18)43-32(35-28)37-13-19-9-20(37)12-25(19)41-15-22-29(36-42-30(22)16-5-6-16)27-23(33)3-2-4-24(27)34;32-22-2-1-3-23(33)26(22)28-21(29(41-35-28)15-4-5-15)14-40-24-11-19-8-18(24)12-36(19)31-34-27-20(16-6-7-39-13-16)9-17(30(37)38)10-25(27)42-31/h2-4,10-11,16-17,19-20,25H,5-9,12-15H2,1H3;1-3,9-10,15-16,18-19,24H,4-8,11-14H2,(H,37,38)/t17?,19-,20-,25+;16?,18-,19-,24+/m00/s1. The minimum absolute atomic E-state index is 0.127. The molecule has 4 aromatic heterocycles. The number of aromatic carboxylic acids is 1. The number of benzene rings is 4. The van der Waals surface area contributed by atoms with Crippen LogP contribution in [0.3, 0.4) is 0 Å². The molecule has 1 N–H and O–H groups in total. The Labute approximate surface area is 517 Å². The Morgan fingerprint density at radius 2 is 1.06 bits per heavy atom. The van der Waals surface area contributed by atoms with Gasteiger partial charge in [-0.25, -0.2) is 19.6 Å². The highest BCUT2D eigenvalue weighted by atomic mass is 35.5. The van der Waals surface area contributed by atoms with Gasteiger partial charge in [0.2, 0.25) is 0 Å². The zero-order valence-electron chi connectivity index (χ0n) is 46.4. The molecule has 0 radical (unpaired) electrons. The number of carbonyl (C=O) groups excluding carboxylic acids is 1. The summed E-state index contributed by atoms with van der Waals surface area (Å²) in [5.74, 6) is 2.53. The van der Waals surface area contributed by atoms with Crippen molar-refractivity contribution in [3.05, 3.63) is 126 Å². The van der Waals surface area contributed by atoms with Gasteiger partial charge < -0.3 is 47.6 Å². The Bertz CT molecular complexity index is 3860. The summed E-state index contributed by atoms with van der Waals surface area (Å²) in [6, 6.07) is 19.1. The average Bonchev–Trinajstić information content (AvgIpc) is 3.87. The molecule has 442 valence electrons. The second-order valence-electron chi connectivity index (χ2n) is 24.0. The Morgan fingerprint density at radius 1 is 0.612 bits per heavy atom. The van der Waals surface area contributed by atoms with Gasteiger partial charge in [-0.15, -0.1) is 0 Å². The summed E-state index contributed by atoms with van der Waals surface area (Å²) in [5, 5.41) is 22.7. The van der Waals surface area contributed by atoms with Crippen LogP contribution in [0.4, 0.5) is 10.3 Å². The highest BCUT2D eigenvalue weighted by Gasteiger charge is 2.49. The van der Waals surface area contributed by atoms with Gasteiger partial charge in [-0.3, -0.25) is 0 Å². The number of piperidine rings is 2. The summed E-state index contributed by atoms with van der Waals surface area (Å²) >= 11 is 29.4. The van der Waals surface area contributed by atoms with Gasteiger partial charge in [0.1, 0.15) is 22.9 Å². The molecule has 4 bridgehead atoms. The highest BCUT2D eigenvalue weighted by Crippen LogP contribution is 2.52. The highest BCUT2D eigenvalue weighted by molar-refractivity contribution is 7.22. The van der Waals surface area contributed by atoms with Crippen LogP contribution in [-0.4, -0.2) is 108 Å². The van der Waals surface area contributed by atoms with E-state index in [1.54, 1.807) is 34.8 Å². The lowest BCUT2D eigenvalue weighted by Crippen LogP contribution is -2.38. The minimum atomic E-state index is -0.912. The molecule has 8 fully saturated rings. The van der Waals surface area contributed by atoms with Gasteiger partial charge in [-0.05, 0) is 124 Å². The van der Waals surface area contributed by atoms with Crippen molar-refractivity contribution in [3.8, 4) is 22.5 Å². The fourth-order valence-electron chi connectivity index (χ4n) is 14.0. The lowest BCUT2D eigenvalue weighted by atomic mass is 9.95. The SMILES string of the molecule is COC(=O)c1cc(C2CCOC2)c2nc(N3C[C@@H]4C[C@H]3C[C@H]4OCc3c(-c4c(Cl)cccc4Cl)noc3C3CC3)sc2c1.O=C(O)c1cc(C2CCOC2)c2nc(N3C[C@@H]4C[C@H]3C[C@H]4OCc3c(-c4c(Cl)cccc4Cl)noc3C3CC3)sc2c1. The second kappa shape index (κ2) is 23.0. The van der Waals surface area contributed by atoms with E-state index in [2.05, 4.69) is 20.1 Å². The van der Waals surface area contributed by atoms with Crippen molar-refractivity contribution in [1.29, 1.82) is 0 Å². The predicted octanol–water partition coefficient (Wildman–Crippen LogP) is 15.1. The number of fused-ring (bicyclic) bond motifs is 6. The number of rotatable bonds is 16. The van der Waals surface area contributed by atoms with Crippen molar-refractivity contribution in [2.24, 2.45) is 11.8 Å². The number of hydrogen-bond acceptors (Lipinski definition) is 17. The van der Waals surface area contributed by atoms with Gasteiger partial charge in [0.15, 0.2) is 10.3 Å². The first-order valence-corrected chi connectivity index (χ1v) is 32.6. The maximum Gasteiger partial charge on any atom is 0.337 e. The first kappa shape index (κ1) is 56.2. The molecule has 2 unspecified atom stereocenters. The number of anilines is 2. The minimum Gasteiger partial charge on any atom is -0.478 e. The van der Waals surface area contributed by atoms with Crippen LogP contribution in [0.1, 0.15) is 142 Å². The van der Waals surface area contributed by atoms with E-state index in [4.69, 9.17) is 89.1 Å². The molecule has 0 amide bonds. The van der Waals surface area contributed by atoms with E-state index in [0.29, 0.717) is 123 Å². The predicted molar refractivity (Wildman–Crippen MR) is 327 cm³/mol. The zero-order chi connectivity index (χ0) is 57.8. The van der Waals surface area contributed by atoms with Crippen LogP contribution < -0.4 is 9.80 Å². The Balaban J connectivity index is 0.000000144. The smallest absolute Gasteiger partial charge is 0.337 e. The zero-order valence-corrected chi connectivity index (χ0v) is 51.1. The summed E-state index contributed by atoms with van der Waals surface area (Å²) in [6.07, 6.45) is 10.4. The number of aromatic nitrogens is 4. The van der Waals surface area contributed by atoms with Crippen molar-refractivity contribution < 1.29 is 47.4 Å². The van der Waals surface area contributed by atoms with Crippen LogP contribution in [-0.2, 0) is 36.9 Å². The van der Waals surface area contributed by atoms with Gasteiger partial charge in [0.05, 0.1) is 97.4 Å². The molecule has 16 rings (SSSR count). The summed E-state index contributed by atoms with van der Waals surface area (Å²) in [4.78, 5) is 39.4. The monoisotopic (exact) mass is 1260 g/mol. The first-order valence-electron chi connectivity index (χ1n) is 29.4. The quantitative estimate of drug-likeness (QED) is 0.0900. The molecule has 4 aliphatic carbocycles. The number of ether oxygens (including phenoxy) is 5. The fraction of sp³-hybridized carbons (Fsp3) is 0.460. The average molecular weight is 1270 g/mol. The molecule has 4 aliphatic heterocycles. The van der Waals surface area contributed by atoms with Gasteiger partial charge in [0.25, 0.3) is 0 Å². The maximum atomic E-state index is 12.5. The first-order chi connectivity index (χ1) is 41.4. The van der Waals surface area contributed by atoms with Crippen LogP contribution in [0.15, 0.2) is 69.7 Å². The Kier molecular flexibility index (Phi) is 15.2. The Morgan fingerprint density at radius 3 is 1.45 bits per heavy atom. The lowest BCUT2D eigenvalue weighted by molar-refractivity contribution is 0.0122. The number of halogens is 4. The summed E-state index contributed by atoms with van der Waals surface area (Å²) in [5.41, 5.74) is 9.53. The third kappa shape index (κ3) is 10.6. The van der Waals surface area contributed by atoms with E-state index in [-0.39, 0.29) is 30.0 Å². The molecule has 4 saturated heterocycles. The second-order valence-corrected chi connectivity index (χ2v) is 27.6. The van der Waals surface area contributed by atoms with Gasteiger partial charge >= 0.3 is 11.9 Å². The maximum absolute atomic E-state index is 12.5. The summed E-state index contributed by atoms with van der Waals surface area (Å²) < 4.78 is 43.2. The van der Waals surface area contributed by atoms with Crippen LogP contribution in [0.2, 0.25) is 20.1 Å². The number of methoxy groups -OCH3 is 1. The van der Waals surface area contributed by atoms with E-state index < -0.39 is 5.97 Å². The molecule has 4 saturated carbocycles. The van der Waals surface area contributed by atoms with E-state index in [1.807, 2.05) is 48.5 Å². The third-order valence-corrected chi connectivity index (χ3v) is 22.0. The van der Waals surface area contributed by atoms with Gasteiger partial charge in [-0.2, -0.15) is 0 Å².